The number of imidazole rings is 1. The Hall–Kier alpha value is -2.01. The molecule has 1 saturated heterocycles. The van der Waals surface area contributed by atoms with Crippen molar-refractivity contribution in [3.05, 3.63) is 41.8 Å². The molecule has 0 aliphatic carbocycles. The summed E-state index contributed by atoms with van der Waals surface area (Å²) >= 11 is 3.23. The van der Waals surface area contributed by atoms with Crippen LogP contribution in [-0.2, 0) is 22.3 Å². The standard InChI is InChI=1S/C21H23N5O2S3/c1-2-26-18-7-6-15(31(27,28)25-9-4-3-5-10-25)12-17(18)24-19(26)13-30-21-16-8-11-29-20(16)22-14-23-21/h6-8,11-12,14H,2-5,9-10,13H2,1H3. The summed E-state index contributed by atoms with van der Waals surface area (Å²) in [5.74, 6) is 1.57. The first-order valence-corrected chi connectivity index (χ1v) is 13.7. The zero-order valence-electron chi connectivity index (χ0n) is 17.2. The maximum Gasteiger partial charge on any atom is 0.243 e. The van der Waals surface area contributed by atoms with Gasteiger partial charge in [-0.05, 0) is 49.4 Å². The summed E-state index contributed by atoms with van der Waals surface area (Å²) < 4.78 is 29.9. The normalized spacial score (nSPS) is 15.8. The summed E-state index contributed by atoms with van der Waals surface area (Å²) in [6.45, 7) is 4.04. The Balaban J connectivity index is 1.46. The van der Waals surface area contributed by atoms with Crippen LogP contribution in [0.1, 0.15) is 32.0 Å². The van der Waals surface area contributed by atoms with Crippen molar-refractivity contribution in [2.45, 2.75) is 48.4 Å². The average molecular weight is 474 g/mol. The van der Waals surface area contributed by atoms with Gasteiger partial charge in [0.25, 0.3) is 0 Å². The van der Waals surface area contributed by atoms with Crippen LogP contribution < -0.4 is 0 Å². The molecule has 0 bridgehead atoms. The maximum absolute atomic E-state index is 13.1. The lowest BCUT2D eigenvalue weighted by molar-refractivity contribution is 0.346. The number of aromatic nitrogens is 4. The van der Waals surface area contributed by atoms with Gasteiger partial charge in [-0.15, -0.1) is 11.3 Å². The van der Waals surface area contributed by atoms with Crippen LogP contribution in [0.15, 0.2) is 45.9 Å². The zero-order valence-corrected chi connectivity index (χ0v) is 19.6. The van der Waals surface area contributed by atoms with E-state index in [2.05, 4.69) is 21.5 Å². The van der Waals surface area contributed by atoms with E-state index in [0.717, 1.165) is 57.9 Å². The van der Waals surface area contributed by atoms with E-state index in [9.17, 15) is 8.42 Å². The van der Waals surface area contributed by atoms with Crippen molar-refractivity contribution in [2.75, 3.05) is 13.1 Å². The second-order valence-electron chi connectivity index (χ2n) is 7.49. The van der Waals surface area contributed by atoms with Gasteiger partial charge < -0.3 is 4.57 Å². The van der Waals surface area contributed by atoms with Gasteiger partial charge in [-0.25, -0.2) is 23.4 Å². The average Bonchev–Trinajstić information content (AvgIpc) is 3.42. The van der Waals surface area contributed by atoms with Gasteiger partial charge in [0.15, 0.2) is 0 Å². The van der Waals surface area contributed by atoms with E-state index in [0.29, 0.717) is 23.7 Å². The summed E-state index contributed by atoms with van der Waals surface area (Å²) in [5, 5.41) is 4.02. The van der Waals surface area contributed by atoms with E-state index < -0.39 is 10.0 Å². The number of thiophene rings is 1. The first-order chi connectivity index (χ1) is 15.1. The number of fused-ring (bicyclic) bond motifs is 2. The second-order valence-corrected chi connectivity index (χ2v) is 11.3. The molecular formula is C21H23N5O2S3. The molecule has 4 aromatic rings. The highest BCUT2D eigenvalue weighted by Gasteiger charge is 2.26. The molecule has 1 aromatic carbocycles. The van der Waals surface area contributed by atoms with Crippen molar-refractivity contribution in [1.82, 2.24) is 23.8 Å². The molecule has 0 saturated carbocycles. The van der Waals surface area contributed by atoms with E-state index in [4.69, 9.17) is 4.98 Å². The molecule has 162 valence electrons. The molecular weight excluding hydrogens is 450 g/mol. The van der Waals surface area contributed by atoms with E-state index in [-0.39, 0.29) is 0 Å². The second kappa shape index (κ2) is 8.50. The molecule has 4 heterocycles. The third-order valence-electron chi connectivity index (χ3n) is 5.63. The van der Waals surface area contributed by atoms with Crippen LogP contribution in [0.5, 0.6) is 0 Å². The van der Waals surface area contributed by atoms with Crippen molar-refractivity contribution in [3.8, 4) is 0 Å². The van der Waals surface area contributed by atoms with Gasteiger partial charge in [-0.3, -0.25) is 0 Å². The molecule has 7 nitrogen and oxygen atoms in total. The number of thioether (sulfide) groups is 1. The fraction of sp³-hybridized carbons (Fsp3) is 0.381. The van der Waals surface area contributed by atoms with Crippen LogP contribution in [0, 0.1) is 0 Å². The first-order valence-electron chi connectivity index (χ1n) is 10.4. The molecule has 0 atom stereocenters. The summed E-state index contributed by atoms with van der Waals surface area (Å²) in [4.78, 5) is 14.9. The molecule has 0 radical (unpaired) electrons. The van der Waals surface area contributed by atoms with Crippen LogP contribution in [0.25, 0.3) is 21.3 Å². The largest absolute Gasteiger partial charge is 0.328 e. The van der Waals surface area contributed by atoms with Crippen molar-refractivity contribution >= 4 is 54.4 Å². The Morgan fingerprint density at radius 2 is 1.97 bits per heavy atom. The smallest absolute Gasteiger partial charge is 0.243 e. The van der Waals surface area contributed by atoms with Gasteiger partial charge in [0.05, 0.1) is 21.7 Å². The number of benzene rings is 1. The predicted molar refractivity (Wildman–Crippen MR) is 125 cm³/mol. The van der Waals surface area contributed by atoms with Crippen molar-refractivity contribution in [1.29, 1.82) is 0 Å². The quantitative estimate of drug-likeness (QED) is 0.302. The Labute approximate surface area is 189 Å². The first kappa shape index (κ1) is 20.9. The summed E-state index contributed by atoms with van der Waals surface area (Å²) in [6.07, 6.45) is 4.54. The summed E-state index contributed by atoms with van der Waals surface area (Å²) in [5.41, 5.74) is 1.68. The number of hydrogen-bond acceptors (Lipinski definition) is 7. The minimum atomic E-state index is -3.47. The number of sulfonamides is 1. The van der Waals surface area contributed by atoms with Gasteiger partial charge in [-0.1, -0.05) is 18.2 Å². The fourth-order valence-electron chi connectivity index (χ4n) is 4.05. The molecule has 0 amide bonds. The third kappa shape index (κ3) is 3.86. The lowest BCUT2D eigenvalue weighted by Crippen LogP contribution is -2.35. The van der Waals surface area contributed by atoms with Gasteiger partial charge in [0.1, 0.15) is 22.0 Å². The molecule has 3 aromatic heterocycles. The summed E-state index contributed by atoms with van der Waals surface area (Å²) in [7, 11) is -3.47. The lowest BCUT2D eigenvalue weighted by atomic mass is 10.2. The molecule has 5 rings (SSSR count). The number of aryl methyl sites for hydroxylation is 1. The molecule has 1 aliphatic heterocycles. The van der Waals surface area contributed by atoms with E-state index in [1.54, 1.807) is 45.9 Å². The molecule has 10 heteroatoms. The van der Waals surface area contributed by atoms with Crippen LogP contribution >= 0.6 is 23.1 Å². The highest BCUT2D eigenvalue weighted by atomic mass is 32.2. The Kier molecular flexibility index (Phi) is 5.72. The minimum Gasteiger partial charge on any atom is -0.328 e. The van der Waals surface area contributed by atoms with E-state index in [1.165, 1.54) is 0 Å². The maximum atomic E-state index is 13.1. The molecule has 31 heavy (non-hydrogen) atoms. The van der Waals surface area contributed by atoms with Crippen LogP contribution in [-0.4, -0.2) is 45.3 Å². The number of nitrogens with zero attached hydrogens (tertiary/aromatic N) is 5. The molecule has 0 N–H and O–H groups in total. The monoisotopic (exact) mass is 473 g/mol. The molecule has 0 unspecified atom stereocenters. The van der Waals surface area contributed by atoms with Crippen molar-refractivity contribution in [3.63, 3.8) is 0 Å². The lowest BCUT2D eigenvalue weighted by Gasteiger charge is -2.25. The van der Waals surface area contributed by atoms with E-state index in [1.807, 2.05) is 17.5 Å². The van der Waals surface area contributed by atoms with Gasteiger partial charge in [-0.2, -0.15) is 4.31 Å². The third-order valence-corrected chi connectivity index (χ3v) is 9.35. The number of hydrogen-bond donors (Lipinski definition) is 0. The Bertz CT molecular complexity index is 1340. The molecule has 0 spiro atoms. The molecule has 1 fully saturated rings. The zero-order chi connectivity index (χ0) is 21.4. The van der Waals surface area contributed by atoms with Crippen LogP contribution in [0.4, 0.5) is 0 Å². The van der Waals surface area contributed by atoms with Gasteiger partial charge in [0, 0.05) is 25.0 Å². The fourth-order valence-corrected chi connectivity index (χ4v) is 7.32. The highest BCUT2D eigenvalue weighted by Crippen LogP contribution is 2.31. The minimum absolute atomic E-state index is 0.331. The number of rotatable bonds is 6. The molecule has 1 aliphatic rings. The van der Waals surface area contributed by atoms with Crippen molar-refractivity contribution < 1.29 is 8.42 Å². The van der Waals surface area contributed by atoms with Crippen LogP contribution in [0.2, 0.25) is 0 Å². The summed E-state index contributed by atoms with van der Waals surface area (Å²) in [6, 6.07) is 7.37. The SMILES string of the molecule is CCn1c(CSc2ncnc3sccc23)nc2cc(S(=O)(=O)N3CCCCC3)ccc21. The number of piperidine rings is 1. The van der Waals surface area contributed by atoms with E-state index >= 15 is 0 Å². The highest BCUT2D eigenvalue weighted by molar-refractivity contribution is 7.98. The predicted octanol–water partition coefficient (Wildman–Crippen LogP) is 4.53. The topological polar surface area (TPSA) is 81.0 Å². The van der Waals surface area contributed by atoms with Crippen LogP contribution in [0.3, 0.4) is 0 Å². The Morgan fingerprint density at radius 3 is 2.77 bits per heavy atom. The van der Waals surface area contributed by atoms with Crippen molar-refractivity contribution in [2.24, 2.45) is 0 Å². The van der Waals surface area contributed by atoms with Gasteiger partial charge in [0.2, 0.25) is 10.0 Å². The van der Waals surface area contributed by atoms with Gasteiger partial charge >= 0.3 is 0 Å². The Morgan fingerprint density at radius 1 is 1.13 bits per heavy atom.